The maximum atomic E-state index is 13.5. The number of thioether (sulfide) groups is 1. The summed E-state index contributed by atoms with van der Waals surface area (Å²) in [5.74, 6) is 0.0234. The summed E-state index contributed by atoms with van der Waals surface area (Å²) in [6, 6.07) is 3.23. The van der Waals surface area contributed by atoms with E-state index < -0.39 is 0 Å². The Morgan fingerprint density at radius 2 is 2.33 bits per heavy atom. The fourth-order valence-electron chi connectivity index (χ4n) is 1.27. The molecule has 1 fully saturated rings. The third kappa shape index (κ3) is 3.29. The van der Waals surface area contributed by atoms with E-state index >= 15 is 0 Å². The van der Waals surface area contributed by atoms with Gasteiger partial charge in [0.2, 0.25) is 5.91 Å². The molecular weight excluding hydrogens is 368 g/mol. The van der Waals surface area contributed by atoms with Crippen LogP contribution in [0.15, 0.2) is 22.3 Å². The number of hydrogen-bond donors (Lipinski definition) is 1. The topological polar surface area (TPSA) is 53.8 Å². The largest absolute Gasteiger partial charge is 0.303 e. The maximum Gasteiger partial charge on any atom is 0.236 e. The molecule has 1 amide bonds. The third-order valence-corrected chi connectivity index (χ3v) is 4.23. The van der Waals surface area contributed by atoms with E-state index in [-0.39, 0.29) is 11.7 Å². The van der Waals surface area contributed by atoms with Crippen LogP contribution >= 0.6 is 34.4 Å². The Morgan fingerprint density at radius 3 is 2.94 bits per heavy atom. The van der Waals surface area contributed by atoms with Gasteiger partial charge in [-0.05, 0) is 52.8 Å². The third-order valence-electron chi connectivity index (χ3n) is 2.24. The summed E-state index contributed by atoms with van der Waals surface area (Å²) in [5, 5.41) is 10.7. The second-order valence-corrected chi connectivity index (χ2v) is 5.72. The van der Waals surface area contributed by atoms with Crippen molar-refractivity contribution >= 4 is 51.6 Å². The fourth-order valence-corrected chi connectivity index (χ4v) is 2.51. The van der Waals surface area contributed by atoms with Crippen LogP contribution in [0.5, 0.6) is 0 Å². The summed E-state index contributed by atoms with van der Waals surface area (Å²) in [7, 11) is 0. The van der Waals surface area contributed by atoms with Gasteiger partial charge in [-0.25, -0.2) is 4.39 Å². The van der Waals surface area contributed by atoms with Crippen molar-refractivity contribution in [1.82, 2.24) is 5.32 Å². The predicted molar refractivity (Wildman–Crippen MR) is 79.5 cm³/mol. The van der Waals surface area contributed by atoms with Gasteiger partial charge in [-0.15, -0.1) is 5.10 Å². The lowest BCUT2D eigenvalue weighted by Gasteiger charge is -2.01. The molecule has 1 aliphatic rings. The minimum Gasteiger partial charge on any atom is -0.303 e. The van der Waals surface area contributed by atoms with E-state index in [4.69, 9.17) is 0 Å². The van der Waals surface area contributed by atoms with E-state index in [1.54, 1.807) is 6.92 Å². The van der Waals surface area contributed by atoms with Crippen molar-refractivity contribution in [3.05, 3.63) is 32.6 Å². The summed E-state index contributed by atoms with van der Waals surface area (Å²) in [6.45, 7) is 1.73. The van der Waals surface area contributed by atoms with E-state index in [9.17, 15) is 9.18 Å². The van der Waals surface area contributed by atoms with Gasteiger partial charge in [-0.2, -0.15) is 5.10 Å². The number of amidine groups is 1. The Balaban J connectivity index is 2.12. The van der Waals surface area contributed by atoms with Gasteiger partial charge in [0.05, 0.1) is 12.0 Å². The van der Waals surface area contributed by atoms with Gasteiger partial charge in [-0.3, -0.25) is 4.79 Å². The minimum atomic E-state index is -0.264. The number of amides is 1. The lowest BCUT2D eigenvalue weighted by molar-refractivity contribution is -0.116. The minimum absolute atomic E-state index is 0.0788. The molecule has 4 nitrogen and oxygen atoms in total. The molecular formula is C11H9FIN3OS. The summed E-state index contributed by atoms with van der Waals surface area (Å²) < 4.78 is 14.3. The second kappa shape index (κ2) is 5.79. The van der Waals surface area contributed by atoms with Crippen LogP contribution < -0.4 is 5.32 Å². The molecule has 0 saturated carbocycles. The number of rotatable bonds is 2. The van der Waals surface area contributed by atoms with E-state index in [1.165, 1.54) is 24.0 Å². The highest BCUT2D eigenvalue weighted by Crippen LogP contribution is 2.16. The standard InChI is InChI=1S/C11H9FIN3OS/c1-6-8(12)2-7(3-9(6)13)4-14-16-11-15-10(17)5-18-11/h2-4H,5H2,1H3,(H,15,16,17). The van der Waals surface area contributed by atoms with Crippen LogP contribution in [0.1, 0.15) is 11.1 Å². The zero-order valence-corrected chi connectivity index (χ0v) is 12.4. The molecule has 94 valence electrons. The molecule has 1 heterocycles. The van der Waals surface area contributed by atoms with Gasteiger partial charge in [0, 0.05) is 3.57 Å². The Kier molecular flexibility index (Phi) is 4.33. The van der Waals surface area contributed by atoms with Crippen molar-refractivity contribution in [2.75, 3.05) is 5.75 Å². The monoisotopic (exact) mass is 377 g/mol. The molecule has 1 N–H and O–H groups in total. The normalized spacial score (nSPS) is 17.7. The highest BCUT2D eigenvalue weighted by Gasteiger charge is 2.15. The summed E-state index contributed by atoms with van der Waals surface area (Å²) in [4.78, 5) is 10.9. The van der Waals surface area contributed by atoms with Crippen molar-refractivity contribution in [3.8, 4) is 0 Å². The molecule has 0 bridgehead atoms. The molecule has 0 unspecified atom stereocenters. The molecule has 1 saturated heterocycles. The van der Waals surface area contributed by atoms with Crippen LogP contribution in [0.4, 0.5) is 4.39 Å². The first-order valence-corrected chi connectivity index (χ1v) is 7.12. The smallest absolute Gasteiger partial charge is 0.236 e. The van der Waals surface area contributed by atoms with Crippen LogP contribution in [0.2, 0.25) is 0 Å². The van der Waals surface area contributed by atoms with E-state index in [0.29, 0.717) is 22.0 Å². The van der Waals surface area contributed by atoms with Crippen LogP contribution in [-0.2, 0) is 4.79 Å². The average molecular weight is 377 g/mol. The SMILES string of the molecule is Cc1c(F)cc(C=NN=C2NC(=O)CS2)cc1I. The van der Waals surface area contributed by atoms with Crippen LogP contribution in [0, 0.1) is 16.3 Å². The van der Waals surface area contributed by atoms with Gasteiger partial charge >= 0.3 is 0 Å². The molecule has 0 aliphatic carbocycles. The average Bonchev–Trinajstić information content (AvgIpc) is 2.72. The van der Waals surface area contributed by atoms with Gasteiger partial charge in [-0.1, -0.05) is 11.8 Å². The molecule has 0 aromatic heterocycles. The first-order chi connectivity index (χ1) is 8.56. The molecule has 1 aliphatic heterocycles. The highest BCUT2D eigenvalue weighted by atomic mass is 127. The van der Waals surface area contributed by atoms with Gasteiger partial charge in [0.25, 0.3) is 0 Å². The first-order valence-electron chi connectivity index (χ1n) is 5.05. The molecule has 18 heavy (non-hydrogen) atoms. The van der Waals surface area contributed by atoms with Crippen LogP contribution in [0.25, 0.3) is 0 Å². The highest BCUT2D eigenvalue weighted by molar-refractivity contribution is 14.1. The molecule has 1 aromatic rings. The van der Waals surface area contributed by atoms with Crippen molar-refractivity contribution in [3.63, 3.8) is 0 Å². The number of nitrogens with one attached hydrogen (secondary N) is 1. The zero-order chi connectivity index (χ0) is 13.1. The molecule has 1 aromatic carbocycles. The maximum absolute atomic E-state index is 13.5. The number of carbonyl (C=O) groups excluding carboxylic acids is 1. The predicted octanol–water partition coefficient (Wildman–Crippen LogP) is 2.29. The Morgan fingerprint density at radius 1 is 1.56 bits per heavy atom. The second-order valence-electron chi connectivity index (χ2n) is 3.60. The Hall–Kier alpha value is -0.960. The van der Waals surface area contributed by atoms with Gasteiger partial charge < -0.3 is 5.32 Å². The summed E-state index contributed by atoms with van der Waals surface area (Å²) in [5.41, 5.74) is 1.26. The first kappa shape index (κ1) is 13.5. The van der Waals surface area contributed by atoms with Crippen molar-refractivity contribution in [1.29, 1.82) is 0 Å². The molecule has 0 spiro atoms. The lowest BCUT2D eigenvalue weighted by Crippen LogP contribution is -2.19. The lowest BCUT2D eigenvalue weighted by atomic mass is 10.1. The fraction of sp³-hybridized carbons (Fsp3) is 0.182. The van der Waals surface area contributed by atoms with Crippen LogP contribution in [0.3, 0.4) is 0 Å². The van der Waals surface area contributed by atoms with Gasteiger partial charge in [0.1, 0.15) is 5.82 Å². The van der Waals surface area contributed by atoms with E-state index in [0.717, 1.165) is 3.57 Å². The Bertz CT molecular complexity index is 536. The quantitative estimate of drug-likeness (QED) is 0.489. The summed E-state index contributed by atoms with van der Waals surface area (Å²) >= 11 is 3.36. The van der Waals surface area contributed by atoms with Crippen LogP contribution in [-0.4, -0.2) is 23.0 Å². The number of halogens is 2. The van der Waals surface area contributed by atoms with Crippen molar-refractivity contribution in [2.24, 2.45) is 10.2 Å². The van der Waals surface area contributed by atoms with E-state index in [2.05, 4.69) is 38.1 Å². The molecule has 0 atom stereocenters. The Labute approximate surface area is 121 Å². The van der Waals surface area contributed by atoms with Crippen molar-refractivity contribution in [2.45, 2.75) is 6.92 Å². The molecule has 2 rings (SSSR count). The van der Waals surface area contributed by atoms with E-state index in [1.807, 2.05) is 6.07 Å². The summed E-state index contributed by atoms with van der Waals surface area (Å²) in [6.07, 6.45) is 1.46. The number of nitrogens with zero attached hydrogens (tertiary/aromatic N) is 2. The number of hydrogen-bond acceptors (Lipinski definition) is 4. The molecule has 0 radical (unpaired) electrons. The van der Waals surface area contributed by atoms with Crippen molar-refractivity contribution < 1.29 is 9.18 Å². The zero-order valence-electron chi connectivity index (χ0n) is 9.41. The number of carbonyl (C=O) groups is 1. The van der Waals surface area contributed by atoms with Gasteiger partial charge in [0.15, 0.2) is 5.17 Å². The number of benzene rings is 1. The molecule has 7 heteroatoms.